The number of rotatable bonds is 9. The van der Waals surface area contributed by atoms with E-state index in [0.29, 0.717) is 13.2 Å². The lowest BCUT2D eigenvalue weighted by atomic mass is 9.96. The molecule has 0 fully saturated rings. The molecule has 1 aliphatic carbocycles. The number of carbonyl (C=O) groups excluding carboxylic acids is 1. The van der Waals surface area contributed by atoms with E-state index in [-0.39, 0.29) is 5.91 Å². The molecule has 184 valence electrons. The van der Waals surface area contributed by atoms with Gasteiger partial charge in [-0.15, -0.1) is 0 Å². The molecule has 1 N–H and O–H groups in total. The second-order valence-corrected chi connectivity index (χ2v) is 9.04. The van der Waals surface area contributed by atoms with E-state index in [1.807, 2.05) is 45.0 Å². The molecule has 0 radical (unpaired) electrons. The molecule has 5 nitrogen and oxygen atoms in total. The first-order valence-corrected chi connectivity index (χ1v) is 12.5. The van der Waals surface area contributed by atoms with Crippen molar-refractivity contribution in [3.05, 3.63) is 65.4 Å². The van der Waals surface area contributed by atoms with Gasteiger partial charge in [-0.1, -0.05) is 23.8 Å². The van der Waals surface area contributed by atoms with Gasteiger partial charge in [-0.3, -0.25) is 4.79 Å². The average molecular weight is 474 g/mol. The van der Waals surface area contributed by atoms with Crippen LogP contribution in [-0.2, 0) is 4.79 Å². The Morgan fingerprint density at radius 2 is 2.00 bits per heavy atom. The van der Waals surface area contributed by atoms with Crippen molar-refractivity contribution >= 4 is 22.4 Å². The number of furan rings is 1. The summed E-state index contributed by atoms with van der Waals surface area (Å²) in [5, 5.41) is 4.04. The highest BCUT2D eigenvalue weighted by atomic mass is 16.5. The summed E-state index contributed by atoms with van der Waals surface area (Å²) in [7, 11) is 1.66. The van der Waals surface area contributed by atoms with E-state index in [0.717, 1.165) is 69.6 Å². The van der Waals surface area contributed by atoms with E-state index in [1.165, 1.54) is 18.4 Å². The molecule has 5 heteroatoms. The van der Waals surface area contributed by atoms with Crippen LogP contribution in [0.15, 0.2) is 58.7 Å². The lowest BCUT2D eigenvalue weighted by Crippen LogP contribution is -2.23. The Kier molecular flexibility index (Phi) is 7.96. The Morgan fingerprint density at radius 1 is 1.20 bits per heavy atom. The monoisotopic (exact) mass is 473 g/mol. The molecule has 35 heavy (non-hydrogen) atoms. The van der Waals surface area contributed by atoms with Crippen LogP contribution in [0.3, 0.4) is 0 Å². The number of hydrogen-bond donors (Lipinski definition) is 1. The van der Waals surface area contributed by atoms with Crippen LogP contribution in [0.25, 0.3) is 27.7 Å². The number of allylic oxidation sites excluding steroid dienone is 2. The maximum atomic E-state index is 12.7. The van der Waals surface area contributed by atoms with Crippen LogP contribution in [0.2, 0.25) is 0 Å². The van der Waals surface area contributed by atoms with Crippen molar-refractivity contribution < 1.29 is 18.7 Å². The van der Waals surface area contributed by atoms with E-state index < -0.39 is 0 Å². The van der Waals surface area contributed by atoms with E-state index in [1.54, 1.807) is 19.4 Å². The number of fused-ring (bicyclic) bond motifs is 1. The maximum absolute atomic E-state index is 12.7. The van der Waals surface area contributed by atoms with Crippen LogP contribution in [0.5, 0.6) is 11.5 Å². The summed E-state index contributed by atoms with van der Waals surface area (Å²) in [6.07, 6.45) is 11.6. The first-order valence-electron chi connectivity index (χ1n) is 12.5. The highest BCUT2D eigenvalue weighted by molar-refractivity contribution is 6.01. The molecule has 4 rings (SSSR count). The van der Waals surface area contributed by atoms with Gasteiger partial charge in [-0.05, 0) is 82.2 Å². The second-order valence-electron chi connectivity index (χ2n) is 9.04. The minimum Gasteiger partial charge on any atom is -0.497 e. The summed E-state index contributed by atoms with van der Waals surface area (Å²) in [6, 6.07) is 9.99. The Morgan fingerprint density at radius 3 is 2.69 bits per heavy atom. The third-order valence-electron chi connectivity index (χ3n) is 6.64. The molecule has 1 heterocycles. The van der Waals surface area contributed by atoms with E-state index >= 15 is 0 Å². The molecule has 0 atom stereocenters. The third kappa shape index (κ3) is 5.61. The highest BCUT2D eigenvalue weighted by Gasteiger charge is 2.19. The Bertz CT molecular complexity index is 1250. The summed E-state index contributed by atoms with van der Waals surface area (Å²) in [6.45, 7) is 7.11. The van der Waals surface area contributed by atoms with Crippen molar-refractivity contribution in [3.63, 3.8) is 0 Å². The molecule has 2 aromatic carbocycles. The normalized spacial score (nSPS) is 14.1. The molecule has 1 aromatic heterocycles. The van der Waals surface area contributed by atoms with Crippen LogP contribution < -0.4 is 14.8 Å². The smallest absolute Gasteiger partial charge is 0.244 e. The summed E-state index contributed by atoms with van der Waals surface area (Å²) >= 11 is 0. The first kappa shape index (κ1) is 24.6. The lowest BCUT2D eigenvalue weighted by molar-refractivity contribution is -0.116. The van der Waals surface area contributed by atoms with Crippen molar-refractivity contribution in [2.24, 2.45) is 0 Å². The maximum Gasteiger partial charge on any atom is 0.244 e. The van der Waals surface area contributed by atoms with E-state index in [9.17, 15) is 4.79 Å². The lowest BCUT2D eigenvalue weighted by Gasteiger charge is -2.15. The number of methoxy groups -OCH3 is 1. The van der Waals surface area contributed by atoms with Gasteiger partial charge in [0, 0.05) is 34.7 Å². The minimum atomic E-state index is -0.0818. The number of amides is 1. The number of carbonyl (C=O) groups is 1. The van der Waals surface area contributed by atoms with Crippen molar-refractivity contribution in [3.8, 4) is 22.6 Å². The van der Waals surface area contributed by atoms with Gasteiger partial charge in [0.1, 0.15) is 17.1 Å². The number of benzene rings is 2. The van der Waals surface area contributed by atoms with Crippen molar-refractivity contribution in [2.75, 3.05) is 20.3 Å². The average Bonchev–Trinajstić information content (AvgIpc) is 3.30. The number of nitrogens with one attached hydrogen (secondary N) is 1. The molecular weight excluding hydrogens is 438 g/mol. The van der Waals surface area contributed by atoms with Crippen LogP contribution in [-0.4, -0.2) is 26.2 Å². The number of hydrogen-bond acceptors (Lipinski definition) is 4. The zero-order valence-corrected chi connectivity index (χ0v) is 21.2. The van der Waals surface area contributed by atoms with Gasteiger partial charge in [0.05, 0.1) is 20.0 Å². The predicted molar refractivity (Wildman–Crippen MR) is 142 cm³/mol. The number of ether oxygens (including phenoxy) is 2. The van der Waals surface area contributed by atoms with Crippen LogP contribution in [0.4, 0.5) is 0 Å². The van der Waals surface area contributed by atoms with E-state index in [4.69, 9.17) is 13.9 Å². The van der Waals surface area contributed by atoms with Gasteiger partial charge >= 0.3 is 0 Å². The van der Waals surface area contributed by atoms with Crippen LogP contribution in [0, 0.1) is 6.92 Å². The molecule has 1 amide bonds. The fourth-order valence-corrected chi connectivity index (χ4v) is 4.74. The van der Waals surface area contributed by atoms with E-state index in [2.05, 4.69) is 17.5 Å². The Labute approximate surface area is 207 Å². The quantitative estimate of drug-likeness (QED) is 0.263. The Hall–Kier alpha value is -3.47. The van der Waals surface area contributed by atoms with Gasteiger partial charge in [-0.25, -0.2) is 0 Å². The van der Waals surface area contributed by atoms with Crippen molar-refractivity contribution in [2.45, 2.75) is 52.9 Å². The molecule has 3 aromatic rings. The Balaban J connectivity index is 1.63. The minimum absolute atomic E-state index is 0.0818. The zero-order valence-electron chi connectivity index (χ0n) is 21.2. The standard InChI is InChI=1S/C30H35NO4/c1-5-34-29-21(3)30-26(27(19-35-30)23-11-13-24(33-4)14-12-23)18-25(29)20(2)17-28(32)31-16-15-22-9-7-6-8-10-22/h9,11-14,17-19H,5-8,10,15-16H2,1-4H3,(H,31,32)/b20-17+. The third-order valence-corrected chi connectivity index (χ3v) is 6.64. The topological polar surface area (TPSA) is 60.7 Å². The summed E-state index contributed by atoms with van der Waals surface area (Å²) in [5.74, 6) is 1.48. The summed E-state index contributed by atoms with van der Waals surface area (Å²) in [5.41, 5.74) is 6.97. The molecule has 0 aliphatic heterocycles. The second kappa shape index (κ2) is 11.3. The summed E-state index contributed by atoms with van der Waals surface area (Å²) in [4.78, 5) is 12.7. The zero-order chi connectivity index (χ0) is 24.8. The molecular formula is C30H35NO4. The largest absolute Gasteiger partial charge is 0.497 e. The summed E-state index contributed by atoms with van der Waals surface area (Å²) < 4.78 is 17.3. The fraction of sp³-hybridized carbons (Fsp3) is 0.367. The van der Waals surface area contributed by atoms with Gasteiger partial charge in [-0.2, -0.15) is 0 Å². The SMILES string of the molecule is CCOc1c(/C(C)=C/C(=O)NCCC2=CCCCC2)cc2c(-c3ccc(OC)cc3)coc2c1C. The van der Waals surface area contributed by atoms with Gasteiger partial charge in [0.2, 0.25) is 5.91 Å². The van der Waals surface area contributed by atoms with Crippen LogP contribution in [0.1, 0.15) is 57.1 Å². The van der Waals surface area contributed by atoms with Gasteiger partial charge in [0.15, 0.2) is 0 Å². The van der Waals surface area contributed by atoms with Crippen LogP contribution >= 0.6 is 0 Å². The fourth-order valence-electron chi connectivity index (χ4n) is 4.74. The van der Waals surface area contributed by atoms with Crippen molar-refractivity contribution in [1.29, 1.82) is 0 Å². The molecule has 1 aliphatic rings. The van der Waals surface area contributed by atoms with Gasteiger partial charge in [0.25, 0.3) is 0 Å². The molecule has 0 spiro atoms. The molecule has 0 saturated carbocycles. The highest BCUT2D eigenvalue weighted by Crippen LogP contribution is 2.41. The van der Waals surface area contributed by atoms with Gasteiger partial charge < -0.3 is 19.2 Å². The molecule has 0 saturated heterocycles. The molecule has 0 bridgehead atoms. The number of aryl methyl sites for hydroxylation is 1. The van der Waals surface area contributed by atoms with Crippen molar-refractivity contribution in [1.82, 2.24) is 5.32 Å². The molecule has 0 unspecified atom stereocenters. The first-order chi connectivity index (χ1) is 17.0. The predicted octanol–water partition coefficient (Wildman–Crippen LogP) is 7.23.